The topological polar surface area (TPSA) is 52.6 Å². The van der Waals surface area contributed by atoms with Crippen LogP contribution in [0.5, 0.6) is 11.5 Å². The Bertz CT molecular complexity index is 568. The summed E-state index contributed by atoms with van der Waals surface area (Å²) >= 11 is 0. The Kier molecular flexibility index (Phi) is 14.8. The Morgan fingerprint density at radius 1 is 0.655 bits per heavy atom. The van der Waals surface area contributed by atoms with Crippen LogP contribution in [0.2, 0.25) is 0 Å². The maximum atomic E-state index is 11.2. The Morgan fingerprint density at radius 3 is 1.52 bits per heavy atom. The van der Waals surface area contributed by atoms with Gasteiger partial charge < -0.3 is 9.47 Å². The third kappa shape index (κ3) is 11.1. The lowest BCUT2D eigenvalue weighted by Crippen LogP contribution is -2.02. The van der Waals surface area contributed by atoms with Crippen LogP contribution < -0.4 is 9.47 Å². The van der Waals surface area contributed by atoms with E-state index in [9.17, 15) is 9.59 Å². The first-order valence-corrected chi connectivity index (χ1v) is 11.5. The van der Waals surface area contributed by atoms with Gasteiger partial charge in [-0.3, -0.25) is 9.59 Å². The molecule has 1 rings (SSSR count). The van der Waals surface area contributed by atoms with Crippen molar-refractivity contribution >= 4 is 12.6 Å². The summed E-state index contributed by atoms with van der Waals surface area (Å²) in [6, 6.07) is 3.14. The molecular weight excluding hydrogens is 364 g/mol. The van der Waals surface area contributed by atoms with Crippen LogP contribution in [0.4, 0.5) is 0 Å². The molecule has 0 aromatic heterocycles. The van der Waals surface area contributed by atoms with E-state index < -0.39 is 0 Å². The van der Waals surface area contributed by atoms with Crippen molar-refractivity contribution in [3.63, 3.8) is 0 Å². The highest BCUT2D eigenvalue weighted by Crippen LogP contribution is 2.27. The lowest BCUT2D eigenvalue weighted by Gasteiger charge is -2.11. The van der Waals surface area contributed by atoms with Gasteiger partial charge in [0, 0.05) is 0 Å². The maximum absolute atomic E-state index is 11.2. The molecule has 0 unspecified atom stereocenters. The predicted molar refractivity (Wildman–Crippen MR) is 120 cm³/mol. The molecule has 0 atom stereocenters. The molecule has 0 fully saturated rings. The number of aldehydes is 2. The fourth-order valence-corrected chi connectivity index (χ4v) is 3.56. The standard InChI is InChI=1S/C25H40O4/c1-3-4-5-6-7-8-9-10-11-12-13-14-15-16-17-29-25-19-22(20-26)24(28-2)18-23(25)21-27/h18-21H,3-17H2,1-2H3. The number of hydrogen-bond donors (Lipinski definition) is 0. The fourth-order valence-electron chi connectivity index (χ4n) is 3.56. The van der Waals surface area contributed by atoms with Crippen LogP contribution >= 0.6 is 0 Å². The average Bonchev–Trinajstić information content (AvgIpc) is 2.75. The van der Waals surface area contributed by atoms with Gasteiger partial charge in [-0.15, -0.1) is 0 Å². The molecule has 1 aromatic rings. The number of carbonyl (C=O) groups is 2. The second-order valence-corrected chi connectivity index (χ2v) is 7.81. The van der Waals surface area contributed by atoms with Gasteiger partial charge in [0.05, 0.1) is 24.8 Å². The monoisotopic (exact) mass is 404 g/mol. The van der Waals surface area contributed by atoms with Crippen LogP contribution in [0, 0.1) is 0 Å². The van der Waals surface area contributed by atoms with Crippen molar-refractivity contribution in [1.29, 1.82) is 0 Å². The van der Waals surface area contributed by atoms with E-state index in [2.05, 4.69) is 6.92 Å². The Hall–Kier alpha value is -1.84. The minimum Gasteiger partial charge on any atom is -0.496 e. The van der Waals surface area contributed by atoms with E-state index in [4.69, 9.17) is 9.47 Å². The molecule has 0 spiro atoms. The number of hydrogen-bond acceptors (Lipinski definition) is 4. The first-order valence-electron chi connectivity index (χ1n) is 11.5. The fraction of sp³-hybridized carbons (Fsp3) is 0.680. The molecule has 0 saturated heterocycles. The lowest BCUT2D eigenvalue weighted by atomic mass is 10.0. The van der Waals surface area contributed by atoms with E-state index in [0.29, 0.717) is 35.5 Å². The number of rotatable bonds is 19. The molecular formula is C25H40O4. The first kappa shape index (κ1) is 25.2. The normalized spacial score (nSPS) is 10.7. The van der Waals surface area contributed by atoms with Gasteiger partial charge in [-0.05, 0) is 18.6 Å². The van der Waals surface area contributed by atoms with Crippen LogP contribution in [-0.4, -0.2) is 26.3 Å². The third-order valence-corrected chi connectivity index (χ3v) is 5.37. The molecule has 0 radical (unpaired) electrons. The quantitative estimate of drug-likeness (QED) is 0.181. The zero-order valence-corrected chi connectivity index (χ0v) is 18.5. The summed E-state index contributed by atoms with van der Waals surface area (Å²) in [4.78, 5) is 22.4. The van der Waals surface area contributed by atoms with Crippen molar-refractivity contribution < 1.29 is 19.1 Å². The highest BCUT2D eigenvalue weighted by Gasteiger charge is 2.10. The second kappa shape index (κ2) is 17.1. The predicted octanol–water partition coefficient (Wildman–Crippen LogP) is 7.18. The summed E-state index contributed by atoms with van der Waals surface area (Å²) < 4.78 is 10.9. The molecule has 0 heterocycles. The van der Waals surface area contributed by atoms with Gasteiger partial charge in [0.2, 0.25) is 0 Å². The summed E-state index contributed by atoms with van der Waals surface area (Å²) in [7, 11) is 1.48. The van der Waals surface area contributed by atoms with Crippen molar-refractivity contribution in [1.82, 2.24) is 0 Å². The summed E-state index contributed by atoms with van der Waals surface area (Å²) in [5.41, 5.74) is 0.812. The molecule has 0 aliphatic heterocycles. The number of unbranched alkanes of at least 4 members (excludes halogenated alkanes) is 13. The molecule has 0 bridgehead atoms. The van der Waals surface area contributed by atoms with Crippen LogP contribution in [-0.2, 0) is 0 Å². The molecule has 1 aromatic carbocycles. The van der Waals surface area contributed by atoms with Crippen LogP contribution in [0.15, 0.2) is 12.1 Å². The molecule has 0 aliphatic carbocycles. The molecule has 0 amide bonds. The highest BCUT2D eigenvalue weighted by atomic mass is 16.5. The molecule has 4 heteroatoms. The lowest BCUT2D eigenvalue weighted by molar-refractivity contribution is 0.110. The highest BCUT2D eigenvalue weighted by molar-refractivity contribution is 5.87. The van der Waals surface area contributed by atoms with Crippen molar-refractivity contribution in [3.8, 4) is 11.5 Å². The zero-order valence-electron chi connectivity index (χ0n) is 18.5. The van der Waals surface area contributed by atoms with Crippen molar-refractivity contribution in [2.75, 3.05) is 13.7 Å². The zero-order chi connectivity index (χ0) is 21.2. The first-order chi connectivity index (χ1) is 14.3. The summed E-state index contributed by atoms with van der Waals surface area (Å²) in [6.07, 6.45) is 19.9. The van der Waals surface area contributed by atoms with Crippen molar-refractivity contribution in [3.05, 3.63) is 23.3 Å². The van der Waals surface area contributed by atoms with Gasteiger partial charge in [0.25, 0.3) is 0 Å². The molecule has 164 valence electrons. The van der Waals surface area contributed by atoms with E-state index in [-0.39, 0.29) is 0 Å². The largest absolute Gasteiger partial charge is 0.496 e. The molecule has 0 N–H and O–H groups in total. The molecule has 4 nitrogen and oxygen atoms in total. The number of ether oxygens (including phenoxy) is 2. The van der Waals surface area contributed by atoms with Gasteiger partial charge in [0.1, 0.15) is 11.5 Å². The summed E-state index contributed by atoms with van der Waals surface area (Å²) in [6.45, 7) is 2.82. The van der Waals surface area contributed by atoms with E-state index in [1.165, 1.54) is 84.2 Å². The van der Waals surface area contributed by atoms with E-state index >= 15 is 0 Å². The Labute approximate surface area is 177 Å². The smallest absolute Gasteiger partial charge is 0.153 e. The maximum Gasteiger partial charge on any atom is 0.153 e. The average molecular weight is 405 g/mol. The SMILES string of the molecule is CCCCCCCCCCCCCCCCOc1cc(C=O)c(OC)cc1C=O. The molecule has 29 heavy (non-hydrogen) atoms. The number of carbonyl (C=O) groups excluding carboxylic acids is 2. The minimum atomic E-state index is 0.394. The number of benzene rings is 1. The van der Waals surface area contributed by atoms with E-state index in [1.807, 2.05) is 0 Å². The Balaban J connectivity index is 2.05. The van der Waals surface area contributed by atoms with Gasteiger partial charge in [-0.25, -0.2) is 0 Å². The summed E-state index contributed by atoms with van der Waals surface area (Å²) in [5, 5.41) is 0. The van der Waals surface area contributed by atoms with Crippen molar-refractivity contribution in [2.45, 2.75) is 96.8 Å². The second-order valence-electron chi connectivity index (χ2n) is 7.81. The van der Waals surface area contributed by atoms with Crippen LogP contribution in [0.25, 0.3) is 0 Å². The van der Waals surface area contributed by atoms with E-state index in [0.717, 1.165) is 19.1 Å². The van der Waals surface area contributed by atoms with Crippen LogP contribution in [0.3, 0.4) is 0 Å². The molecule has 0 aliphatic rings. The van der Waals surface area contributed by atoms with Crippen LogP contribution in [0.1, 0.15) is 118 Å². The van der Waals surface area contributed by atoms with Crippen molar-refractivity contribution in [2.24, 2.45) is 0 Å². The third-order valence-electron chi connectivity index (χ3n) is 5.37. The van der Waals surface area contributed by atoms with Gasteiger partial charge >= 0.3 is 0 Å². The van der Waals surface area contributed by atoms with Gasteiger partial charge in [0.15, 0.2) is 12.6 Å². The summed E-state index contributed by atoms with van der Waals surface area (Å²) in [5.74, 6) is 0.850. The minimum absolute atomic E-state index is 0.394. The molecule has 0 saturated carbocycles. The van der Waals surface area contributed by atoms with Gasteiger partial charge in [-0.2, -0.15) is 0 Å². The van der Waals surface area contributed by atoms with E-state index in [1.54, 1.807) is 12.1 Å². The Morgan fingerprint density at radius 2 is 1.07 bits per heavy atom. The number of methoxy groups -OCH3 is 1. The van der Waals surface area contributed by atoms with Gasteiger partial charge in [-0.1, -0.05) is 90.4 Å².